The monoisotopic (exact) mass is 403 g/mol. The summed E-state index contributed by atoms with van der Waals surface area (Å²) in [5.74, 6) is 0.108. The van der Waals surface area contributed by atoms with Gasteiger partial charge in [-0.15, -0.1) is 10.2 Å². The van der Waals surface area contributed by atoms with Gasteiger partial charge in [0, 0.05) is 0 Å². The highest BCUT2D eigenvalue weighted by Crippen LogP contribution is 2.37. The minimum Gasteiger partial charge on any atom is -0.324 e. The Kier molecular flexibility index (Phi) is 4.75. The molecule has 27 heavy (non-hydrogen) atoms. The maximum atomic E-state index is 13.4. The summed E-state index contributed by atoms with van der Waals surface area (Å²) < 4.78 is 15.1. The van der Waals surface area contributed by atoms with Gasteiger partial charge in [-0.3, -0.25) is 4.79 Å². The SMILES string of the molecule is Cc1nnc2n1N[C@@H](c1ccc(F)cc1)[C@H](C(=O)Nc1ccccc1Cl)S2. The zero-order valence-electron chi connectivity index (χ0n) is 14.2. The molecule has 0 saturated heterocycles. The number of halogens is 2. The quantitative estimate of drug-likeness (QED) is 0.696. The maximum absolute atomic E-state index is 13.4. The Morgan fingerprint density at radius 3 is 2.70 bits per heavy atom. The van der Waals surface area contributed by atoms with Gasteiger partial charge in [-0.2, -0.15) is 0 Å². The predicted molar refractivity (Wildman–Crippen MR) is 103 cm³/mol. The van der Waals surface area contributed by atoms with Crippen molar-refractivity contribution in [2.45, 2.75) is 23.4 Å². The van der Waals surface area contributed by atoms with E-state index in [-0.39, 0.29) is 11.7 Å². The molecule has 2 atom stereocenters. The van der Waals surface area contributed by atoms with E-state index in [1.807, 2.05) is 6.92 Å². The fourth-order valence-electron chi connectivity index (χ4n) is 2.85. The van der Waals surface area contributed by atoms with Crippen LogP contribution in [0.2, 0.25) is 5.02 Å². The number of aryl methyl sites for hydroxylation is 1. The molecule has 1 aromatic heterocycles. The zero-order valence-corrected chi connectivity index (χ0v) is 15.8. The van der Waals surface area contributed by atoms with Crippen molar-refractivity contribution in [3.8, 4) is 0 Å². The summed E-state index contributed by atoms with van der Waals surface area (Å²) in [6, 6.07) is 12.7. The van der Waals surface area contributed by atoms with E-state index in [9.17, 15) is 9.18 Å². The molecule has 9 heteroatoms. The van der Waals surface area contributed by atoms with Gasteiger partial charge >= 0.3 is 0 Å². The molecule has 3 aromatic rings. The van der Waals surface area contributed by atoms with Crippen LogP contribution in [0.4, 0.5) is 10.1 Å². The lowest BCUT2D eigenvalue weighted by Crippen LogP contribution is -2.41. The molecule has 1 aliphatic rings. The summed E-state index contributed by atoms with van der Waals surface area (Å²) in [5, 5.41) is 11.5. The van der Waals surface area contributed by atoms with E-state index in [2.05, 4.69) is 20.9 Å². The number of para-hydroxylation sites is 1. The number of carbonyl (C=O) groups excluding carboxylic acids is 1. The van der Waals surface area contributed by atoms with E-state index in [1.165, 1.54) is 23.9 Å². The van der Waals surface area contributed by atoms with Crippen molar-refractivity contribution in [1.82, 2.24) is 14.9 Å². The van der Waals surface area contributed by atoms with Crippen LogP contribution in [0.25, 0.3) is 0 Å². The van der Waals surface area contributed by atoms with Crippen LogP contribution in [0, 0.1) is 12.7 Å². The Labute approximate surface area is 164 Å². The molecular formula is C18H15ClFN5OS. The molecule has 0 saturated carbocycles. The summed E-state index contributed by atoms with van der Waals surface area (Å²) in [5.41, 5.74) is 4.58. The number of rotatable bonds is 3. The molecule has 0 aliphatic carbocycles. The molecule has 138 valence electrons. The average Bonchev–Trinajstić information content (AvgIpc) is 3.03. The molecule has 0 bridgehead atoms. The molecule has 0 unspecified atom stereocenters. The van der Waals surface area contributed by atoms with Crippen molar-refractivity contribution < 1.29 is 9.18 Å². The first kappa shape index (κ1) is 17.8. The molecule has 0 spiro atoms. The van der Waals surface area contributed by atoms with Gasteiger partial charge in [0.05, 0.1) is 16.8 Å². The number of hydrogen-bond donors (Lipinski definition) is 2. The zero-order chi connectivity index (χ0) is 19.0. The van der Waals surface area contributed by atoms with Gasteiger partial charge in [0.25, 0.3) is 0 Å². The van der Waals surface area contributed by atoms with Crippen LogP contribution in [0.1, 0.15) is 17.4 Å². The van der Waals surface area contributed by atoms with Crippen molar-refractivity contribution in [2.24, 2.45) is 0 Å². The largest absolute Gasteiger partial charge is 0.324 e. The van der Waals surface area contributed by atoms with E-state index < -0.39 is 11.3 Å². The third-order valence-corrected chi connectivity index (χ3v) is 5.76. The van der Waals surface area contributed by atoms with E-state index in [0.717, 1.165) is 5.56 Å². The molecule has 4 rings (SSSR count). The second kappa shape index (κ2) is 7.21. The third-order valence-electron chi connectivity index (χ3n) is 4.22. The minimum atomic E-state index is -0.553. The minimum absolute atomic E-state index is 0.234. The van der Waals surface area contributed by atoms with Gasteiger partial charge in [0.2, 0.25) is 11.1 Å². The number of fused-ring (bicyclic) bond motifs is 1. The molecule has 2 aromatic carbocycles. The van der Waals surface area contributed by atoms with Crippen LogP contribution in [-0.4, -0.2) is 26.0 Å². The number of carbonyl (C=O) groups is 1. The van der Waals surface area contributed by atoms with Gasteiger partial charge in [-0.25, -0.2) is 9.07 Å². The van der Waals surface area contributed by atoms with Gasteiger partial charge < -0.3 is 10.7 Å². The number of aromatic nitrogens is 3. The van der Waals surface area contributed by atoms with Crippen LogP contribution in [-0.2, 0) is 4.79 Å². The number of hydrogen-bond acceptors (Lipinski definition) is 5. The van der Waals surface area contributed by atoms with Crippen LogP contribution >= 0.6 is 23.4 Å². The average molecular weight is 404 g/mol. The molecule has 0 radical (unpaired) electrons. The van der Waals surface area contributed by atoms with Crippen LogP contribution in [0.15, 0.2) is 53.7 Å². The summed E-state index contributed by atoms with van der Waals surface area (Å²) in [6.07, 6.45) is 0. The number of amides is 1. The molecule has 1 aliphatic heterocycles. The van der Waals surface area contributed by atoms with Gasteiger partial charge in [-0.1, -0.05) is 47.6 Å². The summed E-state index contributed by atoms with van der Waals surface area (Å²) in [7, 11) is 0. The Morgan fingerprint density at radius 1 is 1.22 bits per heavy atom. The third kappa shape index (κ3) is 3.50. The second-order valence-electron chi connectivity index (χ2n) is 6.03. The van der Waals surface area contributed by atoms with Crippen molar-refractivity contribution >= 4 is 35.0 Å². The van der Waals surface area contributed by atoms with E-state index >= 15 is 0 Å². The van der Waals surface area contributed by atoms with Crippen molar-refractivity contribution in [3.05, 3.63) is 70.8 Å². The number of benzene rings is 2. The Bertz CT molecular complexity index is 994. The molecule has 0 fully saturated rings. The van der Waals surface area contributed by atoms with Crippen molar-refractivity contribution in [1.29, 1.82) is 0 Å². The first-order valence-electron chi connectivity index (χ1n) is 8.19. The number of nitrogens with one attached hydrogen (secondary N) is 2. The van der Waals surface area contributed by atoms with Crippen LogP contribution < -0.4 is 10.7 Å². The fraction of sp³-hybridized carbons (Fsp3) is 0.167. The lowest BCUT2D eigenvalue weighted by molar-refractivity contribution is -0.116. The van der Waals surface area contributed by atoms with E-state index in [4.69, 9.17) is 11.6 Å². The van der Waals surface area contributed by atoms with Gasteiger partial charge in [0.1, 0.15) is 16.9 Å². The fourth-order valence-corrected chi connectivity index (χ4v) is 4.16. The smallest absolute Gasteiger partial charge is 0.240 e. The van der Waals surface area contributed by atoms with Gasteiger partial charge in [0.15, 0.2) is 0 Å². The molecule has 6 nitrogen and oxygen atoms in total. The Balaban J connectivity index is 1.68. The standard InChI is InChI=1S/C18H15ClFN5OS/c1-10-22-23-18-25(10)24-15(11-6-8-12(20)9-7-11)16(27-18)17(26)21-14-5-3-2-4-13(14)19/h2-9,15-16,24H,1H3,(H,21,26)/t15-,16+/m0/s1. The van der Waals surface area contributed by atoms with E-state index in [0.29, 0.717) is 21.7 Å². The highest BCUT2D eigenvalue weighted by molar-refractivity contribution is 8.00. The number of anilines is 1. The van der Waals surface area contributed by atoms with Crippen LogP contribution in [0.5, 0.6) is 0 Å². The van der Waals surface area contributed by atoms with Crippen molar-refractivity contribution in [3.63, 3.8) is 0 Å². The van der Waals surface area contributed by atoms with Crippen molar-refractivity contribution in [2.75, 3.05) is 10.7 Å². The highest BCUT2D eigenvalue weighted by atomic mass is 35.5. The number of nitrogens with zero attached hydrogens (tertiary/aromatic N) is 3. The first-order chi connectivity index (χ1) is 13.0. The lowest BCUT2D eigenvalue weighted by Gasteiger charge is -2.32. The topological polar surface area (TPSA) is 71.8 Å². The maximum Gasteiger partial charge on any atom is 0.240 e. The molecule has 1 amide bonds. The van der Waals surface area contributed by atoms with E-state index in [1.54, 1.807) is 41.1 Å². The van der Waals surface area contributed by atoms with Gasteiger partial charge in [-0.05, 0) is 36.8 Å². The highest BCUT2D eigenvalue weighted by Gasteiger charge is 2.37. The predicted octanol–water partition coefficient (Wildman–Crippen LogP) is 3.78. The number of thioether (sulfide) groups is 1. The second-order valence-corrected chi connectivity index (χ2v) is 7.55. The Morgan fingerprint density at radius 2 is 1.96 bits per heavy atom. The first-order valence-corrected chi connectivity index (χ1v) is 9.45. The molecule has 2 N–H and O–H groups in total. The molecule has 2 heterocycles. The normalized spacial score (nSPS) is 18.5. The lowest BCUT2D eigenvalue weighted by atomic mass is 10.0. The van der Waals surface area contributed by atoms with Crippen LogP contribution in [0.3, 0.4) is 0 Å². The summed E-state index contributed by atoms with van der Waals surface area (Å²) in [4.78, 5) is 13.0. The summed E-state index contributed by atoms with van der Waals surface area (Å²) in [6.45, 7) is 1.82. The summed E-state index contributed by atoms with van der Waals surface area (Å²) >= 11 is 7.45. The Hall–Kier alpha value is -2.58. The molecular weight excluding hydrogens is 389 g/mol.